The van der Waals surface area contributed by atoms with Gasteiger partial charge in [-0.2, -0.15) is 0 Å². The first-order chi connectivity index (χ1) is 9.11. The first-order valence-electron chi connectivity index (χ1n) is 6.57. The molecule has 0 spiro atoms. The zero-order valence-corrected chi connectivity index (χ0v) is 10.5. The van der Waals surface area contributed by atoms with Gasteiger partial charge in [-0.3, -0.25) is 15.0 Å². The van der Waals surface area contributed by atoms with Gasteiger partial charge >= 0.3 is 0 Å². The molecule has 0 aromatic heterocycles. The predicted octanol–water partition coefficient (Wildman–Crippen LogP) is 2.38. The molecule has 1 heterocycles. The summed E-state index contributed by atoms with van der Waals surface area (Å²) in [7, 11) is 0. The second kappa shape index (κ2) is 4.77. The number of nitro benzene ring substituents is 1. The zero-order chi connectivity index (χ0) is 13.4. The van der Waals surface area contributed by atoms with Crippen LogP contribution in [-0.2, 0) is 0 Å². The molecule has 1 aromatic carbocycles. The van der Waals surface area contributed by atoms with Crippen molar-refractivity contribution in [3.05, 3.63) is 34.1 Å². The van der Waals surface area contributed by atoms with Crippen molar-refractivity contribution in [2.24, 2.45) is 0 Å². The molecule has 1 aliphatic carbocycles. The Balaban J connectivity index is 1.67. The monoisotopic (exact) mass is 265 g/mol. The molecule has 2 aliphatic rings. The Hall–Kier alpha value is -1.69. The minimum Gasteiger partial charge on any atom is -0.381 e. The molecule has 1 saturated carbocycles. The number of halogens is 1. The smallest absolute Gasteiger partial charge is 0.274 e. The number of nitrogens with zero attached hydrogens (tertiary/aromatic N) is 2. The lowest BCUT2D eigenvalue weighted by Crippen LogP contribution is -2.27. The van der Waals surface area contributed by atoms with Gasteiger partial charge in [-0.15, -0.1) is 0 Å². The second-order valence-electron chi connectivity index (χ2n) is 5.31. The third-order valence-electron chi connectivity index (χ3n) is 3.75. The lowest BCUT2D eigenvalue weighted by molar-refractivity contribution is -0.385. The van der Waals surface area contributed by atoms with Gasteiger partial charge in [0.15, 0.2) is 0 Å². The van der Waals surface area contributed by atoms with Crippen LogP contribution in [0.1, 0.15) is 19.3 Å². The molecular formula is C13H16FN3O2. The van der Waals surface area contributed by atoms with E-state index in [2.05, 4.69) is 10.2 Å². The van der Waals surface area contributed by atoms with Crippen molar-refractivity contribution < 1.29 is 9.31 Å². The van der Waals surface area contributed by atoms with Crippen LogP contribution in [0.2, 0.25) is 0 Å². The van der Waals surface area contributed by atoms with Crippen molar-refractivity contribution in [3.63, 3.8) is 0 Å². The Kier molecular flexibility index (Phi) is 3.10. The summed E-state index contributed by atoms with van der Waals surface area (Å²) in [6, 6.07) is 4.63. The molecule has 0 bridgehead atoms. The summed E-state index contributed by atoms with van der Waals surface area (Å²) in [5.74, 6) is -0.575. The highest BCUT2D eigenvalue weighted by Crippen LogP contribution is 2.31. The Bertz CT molecular complexity index is 505. The van der Waals surface area contributed by atoms with E-state index < -0.39 is 10.7 Å². The van der Waals surface area contributed by atoms with Crippen LogP contribution in [0.4, 0.5) is 15.8 Å². The van der Waals surface area contributed by atoms with Gasteiger partial charge in [-0.25, -0.2) is 4.39 Å². The lowest BCUT2D eigenvalue weighted by atomic mass is 10.2. The van der Waals surface area contributed by atoms with Crippen molar-refractivity contribution in [1.29, 1.82) is 0 Å². The molecule has 1 atom stereocenters. The van der Waals surface area contributed by atoms with Crippen LogP contribution in [0.3, 0.4) is 0 Å². The van der Waals surface area contributed by atoms with E-state index in [1.165, 1.54) is 25.0 Å². The van der Waals surface area contributed by atoms with Gasteiger partial charge in [0.05, 0.1) is 11.0 Å². The van der Waals surface area contributed by atoms with Crippen LogP contribution in [0.15, 0.2) is 18.2 Å². The number of hydrogen-bond donors (Lipinski definition) is 1. The molecule has 3 rings (SSSR count). The predicted molar refractivity (Wildman–Crippen MR) is 69.7 cm³/mol. The third kappa shape index (κ3) is 2.84. The highest BCUT2D eigenvalue weighted by molar-refractivity contribution is 5.52. The first-order valence-corrected chi connectivity index (χ1v) is 6.57. The molecule has 0 amide bonds. The van der Waals surface area contributed by atoms with E-state index in [0.717, 1.165) is 31.6 Å². The Morgan fingerprint density at radius 3 is 2.79 bits per heavy atom. The van der Waals surface area contributed by atoms with Crippen LogP contribution in [0.5, 0.6) is 0 Å². The topological polar surface area (TPSA) is 58.4 Å². The van der Waals surface area contributed by atoms with Gasteiger partial charge in [0, 0.05) is 36.9 Å². The van der Waals surface area contributed by atoms with E-state index in [1.807, 2.05) is 0 Å². The summed E-state index contributed by atoms with van der Waals surface area (Å²) in [4.78, 5) is 12.6. The second-order valence-corrected chi connectivity index (χ2v) is 5.31. The maximum atomic E-state index is 13.3. The van der Waals surface area contributed by atoms with Crippen molar-refractivity contribution in [2.45, 2.75) is 31.3 Å². The summed E-state index contributed by atoms with van der Waals surface area (Å²) >= 11 is 0. The molecule has 6 heteroatoms. The summed E-state index contributed by atoms with van der Waals surface area (Å²) in [6.07, 6.45) is 3.55. The van der Waals surface area contributed by atoms with Crippen molar-refractivity contribution in [1.82, 2.24) is 4.90 Å². The quantitative estimate of drug-likeness (QED) is 0.670. The minimum absolute atomic E-state index is 0.209. The normalized spacial score (nSPS) is 23.5. The molecule has 1 unspecified atom stereocenters. The van der Waals surface area contributed by atoms with Crippen LogP contribution in [0.25, 0.3) is 0 Å². The van der Waals surface area contributed by atoms with Gasteiger partial charge in [-0.1, -0.05) is 0 Å². The summed E-state index contributed by atoms with van der Waals surface area (Å²) in [6.45, 7) is 1.99. The Labute approximate surface area is 110 Å². The molecule has 1 saturated heterocycles. The van der Waals surface area contributed by atoms with Gasteiger partial charge in [0.2, 0.25) is 0 Å². The number of nitro groups is 1. The van der Waals surface area contributed by atoms with Gasteiger partial charge in [0.1, 0.15) is 5.82 Å². The summed E-state index contributed by atoms with van der Waals surface area (Å²) < 4.78 is 13.3. The molecule has 1 aliphatic heterocycles. The number of non-ortho nitro benzene ring substituents is 1. The van der Waals surface area contributed by atoms with Gasteiger partial charge in [0.25, 0.3) is 5.69 Å². The van der Waals surface area contributed by atoms with Crippen molar-refractivity contribution in [3.8, 4) is 0 Å². The fraction of sp³-hybridized carbons (Fsp3) is 0.538. The molecule has 19 heavy (non-hydrogen) atoms. The largest absolute Gasteiger partial charge is 0.381 e. The van der Waals surface area contributed by atoms with E-state index in [9.17, 15) is 14.5 Å². The van der Waals surface area contributed by atoms with E-state index in [1.54, 1.807) is 0 Å². The fourth-order valence-corrected chi connectivity index (χ4v) is 2.68. The molecule has 102 valence electrons. The Morgan fingerprint density at radius 1 is 1.32 bits per heavy atom. The van der Waals surface area contributed by atoms with E-state index in [4.69, 9.17) is 0 Å². The van der Waals surface area contributed by atoms with Gasteiger partial charge < -0.3 is 5.32 Å². The summed E-state index contributed by atoms with van der Waals surface area (Å²) in [5.41, 5.74) is 0.286. The van der Waals surface area contributed by atoms with E-state index >= 15 is 0 Å². The van der Waals surface area contributed by atoms with Crippen molar-refractivity contribution >= 4 is 11.4 Å². The minimum atomic E-state index is -0.575. The fourth-order valence-electron chi connectivity index (χ4n) is 2.68. The maximum absolute atomic E-state index is 13.3. The molecule has 1 N–H and O–H groups in total. The van der Waals surface area contributed by atoms with E-state index in [0.29, 0.717) is 5.69 Å². The standard InChI is InChI=1S/C13H16FN3O2/c14-9-5-11(7-13(6-9)17(18)19)15-10-3-4-16(8-10)12-1-2-12/h5-7,10,12,15H,1-4,8H2. The number of anilines is 1. The zero-order valence-electron chi connectivity index (χ0n) is 10.5. The average Bonchev–Trinajstić information content (AvgIpc) is 3.10. The first kappa shape index (κ1) is 12.3. The number of likely N-dealkylation sites (tertiary alicyclic amines) is 1. The average molecular weight is 265 g/mol. The number of benzene rings is 1. The molecule has 2 fully saturated rings. The number of rotatable bonds is 4. The van der Waals surface area contributed by atoms with Crippen LogP contribution in [-0.4, -0.2) is 35.0 Å². The Morgan fingerprint density at radius 2 is 2.11 bits per heavy atom. The lowest BCUT2D eigenvalue weighted by Gasteiger charge is -2.16. The molecule has 5 nitrogen and oxygen atoms in total. The van der Waals surface area contributed by atoms with Crippen LogP contribution >= 0.6 is 0 Å². The molecule has 1 aromatic rings. The molecular weight excluding hydrogens is 249 g/mol. The molecule has 0 radical (unpaired) electrons. The summed E-state index contributed by atoms with van der Waals surface area (Å²) in [5, 5.41) is 13.9. The van der Waals surface area contributed by atoms with Gasteiger partial charge in [-0.05, 0) is 25.3 Å². The number of hydrogen-bond acceptors (Lipinski definition) is 4. The number of nitrogens with one attached hydrogen (secondary N) is 1. The SMILES string of the molecule is O=[N+]([O-])c1cc(F)cc(NC2CCN(C3CC3)C2)c1. The van der Waals surface area contributed by atoms with Crippen molar-refractivity contribution in [2.75, 3.05) is 18.4 Å². The highest BCUT2D eigenvalue weighted by Gasteiger charge is 2.34. The van der Waals surface area contributed by atoms with E-state index in [-0.39, 0.29) is 11.7 Å². The van der Waals surface area contributed by atoms with Crippen LogP contribution < -0.4 is 5.32 Å². The maximum Gasteiger partial charge on any atom is 0.274 e. The third-order valence-corrected chi connectivity index (χ3v) is 3.75. The van der Waals surface area contributed by atoms with Crippen LogP contribution in [0, 0.1) is 15.9 Å². The highest BCUT2D eigenvalue weighted by atomic mass is 19.1.